The number of aromatic nitrogens is 3. The Morgan fingerprint density at radius 3 is 2.13 bits per heavy atom. The number of aromatic amines is 1. The van der Waals surface area contributed by atoms with Crippen LogP contribution < -0.4 is 29.0 Å². The number of benzene rings is 7. The molecule has 47 heavy (non-hydrogen) atoms. The number of pyridine rings is 1. The van der Waals surface area contributed by atoms with Gasteiger partial charge in [-0.2, -0.15) is 0 Å². The molecule has 7 aromatic carbocycles. The van der Waals surface area contributed by atoms with Gasteiger partial charge in [0.15, 0.2) is 6.20 Å². The van der Waals surface area contributed by atoms with E-state index in [9.17, 15) is 5.11 Å². The predicted molar refractivity (Wildman–Crippen MR) is 186 cm³/mol. The predicted octanol–water partition coefficient (Wildman–Crippen LogP) is 6.38. The van der Waals surface area contributed by atoms with Crippen LogP contribution in [-0.4, -0.2) is 9.55 Å². The smallest absolute Gasteiger partial charge is 0.868 e. The fourth-order valence-electron chi connectivity index (χ4n) is 6.82. The van der Waals surface area contributed by atoms with Gasteiger partial charge in [-0.05, 0) is 92.0 Å². The van der Waals surface area contributed by atoms with E-state index < -0.39 is 0 Å². The van der Waals surface area contributed by atoms with Gasteiger partial charge in [0.1, 0.15) is 5.82 Å². The molecule has 0 spiro atoms. The fourth-order valence-corrected chi connectivity index (χ4v) is 6.82. The summed E-state index contributed by atoms with van der Waals surface area (Å²) < 4.78 is 2.23. The average Bonchev–Trinajstić information content (AvgIpc) is 3.51. The van der Waals surface area contributed by atoms with E-state index in [2.05, 4.69) is 125 Å². The third-order valence-corrected chi connectivity index (χ3v) is 8.98. The molecule has 0 saturated carbocycles. The molecule has 0 amide bonds. The summed E-state index contributed by atoms with van der Waals surface area (Å²) in [6, 6.07) is 52.4. The van der Waals surface area contributed by atoms with E-state index in [0.717, 1.165) is 71.9 Å². The van der Waals surface area contributed by atoms with Crippen molar-refractivity contribution in [3.05, 3.63) is 158 Å². The first-order valence-electron chi connectivity index (χ1n) is 15.4. The number of imidazole rings is 1. The van der Waals surface area contributed by atoms with Gasteiger partial charge in [-0.15, -0.1) is 0 Å². The van der Waals surface area contributed by atoms with E-state index in [1.165, 1.54) is 5.39 Å². The summed E-state index contributed by atoms with van der Waals surface area (Å²) in [5.41, 5.74) is 9.23. The van der Waals surface area contributed by atoms with Gasteiger partial charge < -0.3 is 5.11 Å². The largest absolute Gasteiger partial charge is 1.00 e. The second kappa shape index (κ2) is 11.6. The van der Waals surface area contributed by atoms with E-state index in [1.807, 2.05) is 36.5 Å². The molecule has 9 rings (SSSR count). The normalized spacial score (nSPS) is 11.3. The van der Waals surface area contributed by atoms with Gasteiger partial charge in [0.25, 0.3) is 0 Å². The number of fused-ring (bicyclic) bond motifs is 4. The summed E-state index contributed by atoms with van der Waals surface area (Å²) in [5.74, 6) is 0.905. The molecule has 0 atom stereocenters. The van der Waals surface area contributed by atoms with Crippen LogP contribution in [0.3, 0.4) is 0 Å². The van der Waals surface area contributed by atoms with Crippen LogP contribution in [0.4, 0.5) is 0 Å². The topological polar surface area (TPSA) is 55.0 Å². The minimum atomic E-state index is -0.00883. The Labute approximate surface area is 283 Å². The molecule has 216 valence electrons. The standard InChI is InChI=1S/C42H27N3O.Li/c46-39-23-22-34(35-13-8-24-43-41(35)39)40-33-12-5-4-9-30(33)25-31-21-20-29(26-36(31)40)27-16-18-28(19-17-27)42-44-37-14-6-7-15-38(37)45(42)32-10-2-1-3-11-32;/h1-26,46H;/q;+1. The maximum Gasteiger partial charge on any atom is 1.00 e. The molecule has 2 heterocycles. The Bertz CT molecular complexity index is 2590. The summed E-state index contributed by atoms with van der Waals surface area (Å²) in [6.07, 6.45) is 1.81. The summed E-state index contributed by atoms with van der Waals surface area (Å²) in [7, 11) is 0. The van der Waals surface area contributed by atoms with Crippen molar-refractivity contribution in [1.29, 1.82) is 0 Å². The summed E-state index contributed by atoms with van der Waals surface area (Å²) in [6.45, 7) is 0. The SMILES string of the molecule is [Li+].[O-]c1ccc(-c2c3ccccc3cc3ccc(-c4ccc(-c5nc6ccccc6n5-c5ccccc5)cc4)cc23)c2ccc[nH+]c12. The van der Waals surface area contributed by atoms with E-state index in [4.69, 9.17) is 4.98 Å². The molecule has 1 N–H and O–H groups in total. The average molecular weight is 597 g/mol. The molecule has 0 aliphatic rings. The Morgan fingerprint density at radius 2 is 1.26 bits per heavy atom. The van der Waals surface area contributed by atoms with Gasteiger partial charge >= 0.3 is 18.9 Å². The Kier molecular flexibility index (Phi) is 7.11. The van der Waals surface area contributed by atoms with Crippen molar-refractivity contribution in [2.45, 2.75) is 0 Å². The van der Waals surface area contributed by atoms with Crippen LogP contribution in [0.2, 0.25) is 0 Å². The minimum Gasteiger partial charge on any atom is -0.868 e. The van der Waals surface area contributed by atoms with E-state index in [-0.39, 0.29) is 24.6 Å². The summed E-state index contributed by atoms with van der Waals surface area (Å²) >= 11 is 0. The van der Waals surface area contributed by atoms with Crippen molar-refractivity contribution in [2.75, 3.05) is 0 Å². The molecule has 0 fully saturated rings. The minimum absolute atomic E-state index is 0. The van der Waals surface area contributed by atoms with Crippen LogP contribution >= 0.6 is 0 Å². The maximum atomic E-state index is 12.8. The van der Waals surface area contributed by atoms with Crippen molar-refractivity contribution in [3.63, 3.8) is 0 Å². The van der Waals surface area contributed by atoms with Crippen LogP contribution in [-0.2, 0) is 0 Å². The first-order chi connectivity index (χ1) is 22.7. The third kappa shape index (κ3) is 4.78. The van der Waals surface area contributed by atoms with Gasteiger partial charge in [-0.25, -0.2) is 9.97 Å². The molecular weight excluding hydrogens is 569 g/mol. The maximum absolute atomic E-state index is 12.8. The number of rotatable bonds is 4. The number of H-pyrrole nitrogens is 1. The first-order valence-corrected chi connectivity index (χ1v) is 15.4. The molecule has 4 nitrogen and oxygen atoms in total. The van der Waals surface area contributed by atoms with Crippen molar-refractivity contribution in [1.82, 2.24) is 9.55 Å². The molecule has 0 radical (unpaired) electrons. The van der Waals surface area contributed by atoms with E-state index >= 15 is 0 Å². The van der Waals surface area contributed by atoms with Gasteiger partial charge in [0.2, 0.25) is 5.52 Å². The number of para-hydroxylation sites is 3. The first kappa shape index (κ1) is 28.8. The summed E-state index contributed by atoms with van der Waals surface area (Å²) in [5, 5.41) is 18.3. The van der Waals surface area contributed by atoms with Crippen molar-refractivity contribution in [3.8, 4) is 45.1 Å². The summed E-state index contributed by atoms with van der Waals surface area (Å²) in [4.78, 5) is 8.23. The fraction of sp³-hybridized carbons (Fsp3) is 0. The van der Waals surface area contributed by atoms with Crippen molar-refractivity contribution in [2.24, 2.45) is 0 Å². The number of hydrogen-bond donors (Lipinski definition) is 0. The molecular formula is C42H27LiN3O+. The van der Waals surface area contributed by atoms with Gasteiger partial charge in [0, 0.05) is 17.3 Å². The van der Waals surface area contributed by atoms with Crippen molar-refractivity contribution < 1.29 is 29.0 Å². The molecule has 0 saturated heterocycles. The third-order valence-electron chi connectivity index (χ3n) is 8.98. The monoisotopic (exact) mass is 596 g/mol. The number of nitrogens with zero attached hydrogens (tertiary/aromatic N) is 2. The zero-order chi connectivity index (χ0) is 30.6. The van der Waals surface area contributed by atoms with E-state index in [1.54, 1.807) is 6.07 Å². The Balaban J connectivity index is 0.00000324. The molecule has 0 bridgehead atoms. The van der Waals surface area contributed by atoms with Gasteiger partial charge in [-0.3, -0.25) is 4.57 Å². The van der Waals surface area contributed by atoms with Crippen LogP contribution in [0.15, 0.2) is 158 Å². The van der Waals surface area contributed by atoms with E-state index in [0.29, 0.717) is 5.52 Å². The van der Waals surface area contributed by atoms with Crippen LogP contribution in [0.5, 0.6) is 5.75 Å². The van der Waals surface area contributed by atoms with Crippen LogP contribution in [0, 0.1) is 0 Å². The molecule has 0 aliphatic heterocycles. The molecule has 0 aliphatic carbocycles. The second-order valence-electron chi connectivity index (χ2n) is 11.7. The van der Waals surface area contributed by atoms with Crippen molar-refractivity contribution >= 4 is 43.5 Å². The zero-order valence-corrected chi connectivity index (χ0v) is 25.8. The Hall–Kier alpha value is -5.66. The van der Waals surface area contributed by atoms with Gasteiger partial charge in [-0.1, -0.05) is 103 Å². The van der Waals surface area contributed by atoms with Crippen LogP contribution in [0.25, 0.3) is 82.8 Å². The Morgan fingerprint density at radius 1 is 0.553 bits per heavy atom. The van der Waals surface area contributed by atoms with Gasteiger partial charge in [0.05, 0.1) is 16.4 Å². The quantitative estimate of drug-likeness (QED) is 0.175. The number of nitrogens with one attached hydrogen (secondary N) is 1. The van der Waals surface area contributed by atoms with Crippen LogP contribution in [0.1, 0.15) is 0 Å². The zero-order valence-electron chi connectivity index (χ0n) is 25.8. The molecule has 0 unspecified atom stereocenters. The second-order valence-corrected chi connectivity index (χ2v) is 11.7. The molecule has 5 heteroatoms. The molecule has 2 aromatic heterocycles. The molecule has 9 aromatic rings. The number of hydrogen-bond acceptors (Lipinski definition) is 2.